The minimum atomic E-state index is -0.380. The lowest BCUT2D eigenvalue weighted by Crippen LogP contribution is -2.15. The zero-order valence-electron chi connectivity index (χ0n) is 17.2. The number of nitrogens with zero attached hydrogens (tertiary/aromatic N) is 3. The Balaban J connectivity index is 1.68. The van der Waals surface area contributed by atoms with Crippen LogP contribution in [-0.4, -0.2) is 33.5 Å². The van der Waals surface area contributed by atoms with Crippen molar-refractivity contribution >= 4 is 39.3 Å². The Morgan fingerprint density at radius 1 is 1.23 bits per heavy atom. The molecule has 1 N–H and O–H groups in total. The molecule has 0 saturated heterocycles. The van der Waals surface area contributed by atoms with Crippen LogP contribution in [-0.2, 0) is 11.3 Å². The number of amides is 1. The van der Waals surface area contributed by atoms with Crippen LogP contribution in [0.3, 0.4) is 0 Å². The number of hydrogen-bond acceptors (Lipinski definition) is 6. The Bertz CT molecular complexity index is 1040. The van der Waals surface area contributed by atoms with Crippen molar-refractivity contribution in [2.45, 2.75) is 24.7 Å². The first-order valence-electron chi connectivity index (χ1n) is 9.53. The molecule has 1 unspecified atom stereocenters. The molecule has 0 radical (unpaired) electrons. The van der Waals surface area contributed by atoms with E-state index >= 15 is 0 Å². The zero-order valence-corrected chi connectivity index (χ0v) is 19.6. The Morgan fingerprint density at radius 2 is 1.94 bits per heavy atom. The molecule has 7 nitrogen and oxygen atoms in total. The van der Waals surface area contributed by atoms with Gasteiger partial charge in [-0.2, -0.15) is 0 Å². The van der Waals surface area contributed by atoms with Crippen LogP contribution in [0.25, 0.3) is 0 Å². The monoisotopic (exact) mass is 502 g/mol. The molecule has 2 aromatic carbocycles. The Kier molecular flexibility index (Phi) is 8.13. The van der Waals surface area contributed by atoms with E-state index in [1.165, 1.54) is 11.8 Å². The summed E-state index contributed by atoms with van der Waals surface area (Å²) in [5.74, 6) is 1.98. The number of halogens is 1. The van der Waals surface area contributed by atoms with Crippen molar-refractivity contribution < 1.29 is 14.3 Å². The summed E-state index contributed by atoms with van der Waals surface area (Å²) < 4.78 is 14.3. The second-order valence-corrected chi connectivity index (χ2v) is 8.35. The third-order valence-electron chi connectivity index (χ3n) is 4.25. The van der Waals surface area contributed by atoms with Gasteiger partial charge in [0.1, 0.15) is 0 Å². The van der Waals surface area contributed by atoms with Crippen molar-refractivity contribution in [3.05, 3.63) is 71.5 Å². The fourth-order valence-corrected chi connectivity index (χ4v) is 3.85. The van der Waals surface area contributed by atoms with Gasteiger partial charge in [0, 0.05) is 16.7 Å². The lowest BCUT2D eigenvalue weighted by molar-refractivity contribution is -0.113. The van der Waals surface area contributed by atoms with Gasteiger partial charge in [0.2, 0.25) is 5.91 Å². The van der Waals surface area contributed by atoms with Crippen LogP contribution in [0.1, 0.15) is 18.9 Å². The van der Waals surface area contributed by atoms with Crippen LogP contribution in [0, 0.1) is 0 Å². The van der Waals surface area contributed by atoms with Gasteiger partial charge in [0.15, 0.2) is 28.6 Å². The number of rotatable bonds is 10. The van der Waals surface area contributed by atoms with E-state index in [4.69, 9.17) is 9.47 Å². The fraction of sp³-hybridized carbons (Fsp3) is 0.227. The number of ether oxygens (including phenoxy) is 2. The van der Waals surface area contributed by atoms with Gasteiger partial charge >= 0.3 is 0 Å². The number of hydrogen-bond donors (Lipinski definition) is 1. The van der Waals surface area contributed by atoms with Crippen molar-refractivity contribution in [2.24, 2.45) is 0 Å². The molecule has 0 saturated carbocycles. The highest BCUT2D eigenvalue weighted by molar-refractivity contribution is 9.10. The van der Waals surface area contributed by atoms with Gasteiger partial charge in [-0.1, -0.05) is 45.9 Å². The summed E-state index contributed by atoms with van der Waals surface area (Å²) in [7, 11) is 1.60. The summed E-state index contributed by atoms with van der Waals surface area (Å²) in [6, 6.07) is 14.9. The molecule has 0 aliphatic carbocycles. The summed E-state index contributed by atoms with van der Waals surface area (Å²) in [5, 5.41) is 12.1. The van der Waals surface area contributed by atoms with Gasteiger partial charge in [-0.15, -0.1) is 16.8 Å². The average Bonchev–Trinajstić information content (AvgIpc) is 3.17. The number of carbonyl (C=O) groups excluding carboxylic acids is 1. The number of benzene rings is 2. The topological polar surface area (TPSA) is 78.3 Å². The van der Waals surface area contributed by atoms with Crippen LogP contribution in [0.5, 0.6) is 11.5 Å². The van der Waals surface area contributed by atoms with Gasteiger partial charge in [0.25, 0.3) is 0 Å². The van der Waals surface area contributed by atoms with Gasteiger partial charge in [-0.25, -0.2) is 0 Å². The normalized spacial score (nSPS) is 11.6. The average molecular weight is 503 g/mol. The molecule has 0 bridgehead atoms. The van der Waals surface area contributed by atoms with Crippen molar-refractivity contribution in [1.29, 1.82) is 0 Å². The van der Waals surface area contributed by atoms with Crippen LogP contribution in [0.4, 0.5) is 5.69 Å². The standard InChI is InChI=1S/C22H23BrN4O3S/c1-4-13-27-21(15(2)30-19-8-6-5-7-18(19)29-3)25-26-22(27)31-14-20(28)24-17-11-9-16(23)10-12-17/h4-12,15H,1,13-14H2,2-3H3,(H,24,28). The summed E-state index contributed by atoms with van der Waals surface area (Å²) in [5.41, 5.74) is 0.737. The largest absolute Gasteiger partial charge is 0.493 e. The molecular weight excluding hydrogens is 480 g/mol. The van der Waals surface area contributed by atoms with E-state index in [0.717, 1.165) is 10.2 Å². The van der Waals surface area contributed by atoms with Crippen LogP contribution in [0.2, 0.25) is 0 Å². The second kappa shape index (κ2) is 11.0. The molecule has 0 aliphatic heterocycles. The van der Waals surface area contributed by atoms with E-state index < -0.39 is 0 Å². The first-order chi connectivity index (χ1) is 15.0. The Morgan fingerprint density at radius 3 is 2.61 bits per heavy atom. The van der Waals surface area contributed by atoms with Gasteiger partial charge in [-0.05, 0) is 43.3 Å². The molecule has 9 heteroatoms. The molecular formula is C22H23BrN4O3S. The van der Waals surface area contributed by atoms with E-state index in [-0.39, 0.29) is 17.8 Å². The van der Waals surface area contributed by atoms with Crippen molar-refractivity contribution in [2.75, 3.05) is 18.2 Å². The lowest BCUT2D eigenvalue weighted by atomic mass is 10.3. The zero-order chi connectivity index (χ0) is 22.2. The summed E-state index contributed by atoms with van der Waals surface area (Å²) >= 11 is 4.69. The molecule has 162 valence electrons. The second-order valence-electron chi connectivity index (χ2n) is 6.49. The number of allylic oxidation sites excluding steroid dienone is 1. The van der Waals surface area contributed by atoms with E-state index in [0.29, 0.717) is 29.0 Å². The number of nitrogens with one attached hydrogen (secondary N) is 1. The molecule has 3 rings (SSSR count). The molecule has 1 amide bonds. The predicted octanol–water partition coefficient (Wildman–Crippen LogP) is 5.11. The van der Waals surface area contributed by atoms with Crippen molar-refractivity contribution in [1.82, 2.24) is 14.8 Å². The number of anilines is 1. The molecule has 1 atom stereocenters. The highest BCUT2D eigenvalue weighted by Crippen LogP contribution is 2.31. The quantitative estimate of drug-likeness (QED) is 0.306. The lowest BCUT2D eigenvalue weighted by Gasteiger charge is -2.17. The van der Waals surface area contributed by atoms with Crippen LogP contribution < -0.4 is 14.8 Å². The summed E-state index contributed by atoms with van der Waals surface area (Å²) in [4.78, 5) is 12.3. The van der Waals surface area contributed by atoms with Crippen LogP contribution >= 0.6 is 27.7 Å². The maximum atomic E-state index is 12.3. The number of thioether (sulfide) groups is 1. The Labute approximate surface area is 194 Å². The molecule has 1 aromatic heterocycles. The molecule has 0 fully saturated rings. The number of aromatic nitrogens is 3. The predicted molar refractivity (Wildman–Crippen MR) is 126 cm³/mol. The molecule has 0 aliphatic rings. The maximum Gasteiger partial charge on any atom is 0.234 e. The smallest absolute Gasteiger partial charge is 0.234 e. The highest BCUT2D eigenvalue weighted by Gasteiger charge is 2.20. The van der Waals surface area contributed by atoms with Gasteiger partial charge < -0.3 is 14.8 Å². The fourth-order valence-electron chi connectivity index (χ4n) is 2.83. The molecule has 1 heterocycles. The molecule has 0 spiro atoms. The van der Waals surface area contributed by atoms with E-state index in [1.807, 2.05) is 60.0 Å². The summed E-state index contributed by atoms with van der Waals surface area (Å²) in [6.07, 6.45) is 1.38. The minimum Gasteiger partial charge on any atom is -0.493 e. The third-order valence-corrected chi connectivity index (χ3v) is 5.75. The van der Waals surface area contributed by atoms with E-state index in [1.54, 1.807) is 13.2 Å². The number of carbonyl (C=O) groups is 1. The highest BCUT2D eigenvalue weighted by atomic mass is 79.9. The van der Waals surface area contributed by atoms with Gasteiger partial charge in [-0.3, -0.25) is 9.36 Å². The summed E-state index contributed by atoms with van der Waals surface area (Å²) in [6.45, 7) is 6.21. The SMILES string of the molecule is C=CCn1c(SCC(=O)Nc2ccc(Br)cc2)nnc1C(C)Oc1ccccc1OC. The molecule has 3 aromatic rings. The minimum absolute atomic E-state index is 0.125. The van der Waals surface area contributed by atoms with Crippen molar-refractivity contribution in [3.8, 4) is 11.5 Å². The van der Waals surface area contributed by atoms with Crippen molar-refractivity contribution in [3.63, 3.8) is 0 Å². The van der Waals surface area contributed by atoms with E-state index in [2.05, 4.69) is 38.0 Å². The van der Waals surface area contributed by atoms with Gasteiger partial charge in [0.05, 0.1) is 12.9 Å². The number of para-hydroxylation sites is 2. The first-order valence-corrected chi connectivity index (χ1v) is 11.3. The Hall–Kier alpha value is -2.78. The first kappa shape index (κ1) is 22.9. The van der Waals surface area contributed by atoms with Crippen LogP contribution in [0.15, 0.2) is 70.8 Å². The third kappa shape index (κ3) is 6.11. The van der Waals surface area contributed by atoms with E-state index in [9.17, 15) is 4.79 Å². The number of methoxy groups -OCH3 is 1. The molecule has 31 heavy (non-hydrogen) atoms. The maximum absolute atomic E-state index is 12.3.